The predicted octanol–water partition coefficient (Wildman–Crippen LogP) is 1.28. The van der Waals surface area contributed by atoms with Gasteiger partial charge in [0.25, 0.3) is 0 Å². The van der Waals surface area contributed by atoms with E-state index in [0.717, 1.165) is 19.4 Å². The van der Waals surface area contributed by atoms with Crippen LogP contribution in [0.15, 0.2) is 10.6 Å². The van der Waals surface area contributed by atoms with Gasteiger partial charge in [0.1, 0.15) is 5.76 Å². The van der Waals surface area contributed by atoms with Crippen molar-refractivity contribution in [3.63, 3.8) is 0 Å². The van der Waals surface area contributed by atoms with E-state index >= 15 is 0 Å². The van der Waals surface area contributed by atoms with Crippen LogP contribution in [0.4, 0.5) is 10.6 Å². The zero-order valence-electron chi connectivity index (χ0n) is 9.16. The number of hydrogen-bond acceptors (Lipinski definition) is 4. The number of anilines is 1. The number of rotatable bonds is 3. The molecule has 1 aliphatic heterocycles. The van der Waals surface area contributed by atoms with E-state index in [1.165, 1.54) is 0 Å². The topological polar surface area (TPSA) is 76.4 Å². The van der Waals surface area contributed by atoms with Gasteiger partial charge in [0.2, 0.25) is 0 Å². The summed E-state index contributed by atoms with van der Waals surface area (Å²) in [6.07, 6.45) is 2.21. The highest BCUT2D eigenvalue weighted by molar-refractivity contribution is 5.88. The lowest BCUT2D eigenvalue weighted by molar-refractivity contribution is 0.112. The van der Waals surface area contributed by atoms with E-state index in [4.69, 9.17) is 9.26 Å². The molecule has 6 heteroatoms. The summed E-state index contributed by atoms with van der Waals surface area (Å²) in [5.41, 5.74) is 0. The zero-order valence-corrected chi connectivity index (χ0v) is 9.16. The van der Waals surface area contributed by atoms with Crippen LogP contribution in [0, 0.1) is 6.92 Å². The summed E-state index contributed by atoms with van der Waals surface area (Å²) in [5, 5.41) is 8.96. The quantitative estimate of drug-likeness (QED) is 0.812. The number of aryl methyl sites for hydroxylation is 1. The third-order valence-electron chi connectivity index (χ3n) is 2.38. The van der Waals surface area contributed by atoms with Gasteiger partial charge in [-0.3, -0.25) is 5.32 Å². The molecule has 0 spiro atoms. The van der Waals surface area contributed by atoms with Crippen LogP contribution in [0.2, 0.25) is 0 Å². The molecular formula is C10H15N3O3. The second-order valence-corrected chi connectivity index (χ2v) is 3.79. The molecule has 1 saturated heterocycles. The average molecular weight is 225 g/mol. The number of amides is 2. The normalized spacial score (nSPS) is 19.7. The Morgan fingerprint density at radius 1 is 1.69 bits per heavy atom. The zero-order chi connectivity index (χ0) is 11.4. The molecule has 1 aliphatic rings. The fraction of sp³-hybridized carbons (Fsp3) is 0.600. The first-order valence-corrected chi connectivity index (χ1v) is 5.34. The van der Waals surface area contributed by atoms with Gasteiger partial charge in [-0.15, -0.1) is 0 Å². The summed E-state index contributed by atoms with van der Waals surface area (Å²) in [6.45, 7) is 3.08. The first kappa shape index (κ1) is 10.9. The van der Waals surface area contributed by atoms with Crippen LogP contribution in [-0.2, 0) is 4.74 Å². The van der Waals surface area contributed by atoms with Crippen LogP contribution in [-0.4, -0.2) is 30.4 Å². The van der Waals surface area contributed by atoms with Gasteiger partial charge in [-0.1, -0.05) is 5.16 Å². The standard InChI is InChI=1S/C10H15N3O3/c1-7-5-9(13-16-7)12-10(14)11-6-8-3-2-4-15-8/h5,8H,2-4,6H2,1H3,(H2,11,12,13,14)/t8-/m0/s1. The first-order valence-electron chi connectivity index (χ1n) is 5.34. The second-order valence-electron chi connectivity index (χ2n) is 3.79. The number of ether oxygens (including phenoxy) is 1. The van der Waals surface area contributed by atoms with Crippen molar-refractivity contribution >= 4 is 11.8 Å². The van der Waals surface area contributed by atoms with Crippen LogP contribution in [0.1, 0.15) is 18.6 Å². The Bertz CT molecular complexity index is 358. The molecule has 0 radical (unpaired) electrons. The third-order valence-corrected chi connectivity index (χ3v) is 2.38. The highest BCUT2D eigenvalue weighted by Crippen LogP contribution is 2.10. The monoisotopic (exact) mass is 225 g/mol. The maximum absolute atomic E-state index is 11.4. The number of carbonyl (C=O) groups is 1. The summed E-state index contributed by atoms with van der Waals surface area (Å²) < 4.78 is 10.2. The predicted molar refractivity (Wildman–Crippen MR) is 57.2 cm³/mol. The fourth-order valence-electron chi connectivity index (χ4n) is 1.60. The number of nitrogens with one attached hydrogen (secondary N) is 2. The number of urea groups is 1. The van der Waals surface area contributed by atoms with Gasteiger partial charge in [-0.05, 0) is 19.8 Å². The lowest BCUT2D eigenvalue weighted by Gasteiger charge is -2.10. The molecular weight excluding hydrogens is 210 g/mol. The number of aromatic nitrogens is 1. The molecule has 0 saturated carbocycles. The number of hydrogen-bond donors (Lipinski definition) is 2. The largest absolute Gasteiger partial charge is 0.376 e. The van der Waals surface area contributed by atoms with Crippen molar-refractivity contribution in [2.75, 3.05) is 18.5 Å². The van der Waals surface area contributed by atoms with Gasteiger partial charge in [0.15, 0.2) is 5.82 Å². The maximum atomic E-state index is 11.4. The Morgan fingerprint density at radius 2 is 2.56 bits per heavy atom. The lowest BCUT2D eigenvalue weighted by Crippen LogP contribution is -2.35. The van der Waals surface area contributed by atoms with E-state index in [-0.39, 0.29) is 12.1 Å². The Morgan fingerprint density at radius 3 is 3.19 bits per heavy atom. The van der Waals surface area contributed by atoms with Crippen molar-refractivity contribution in [3.8, 4) is 0 Å². The lowest BCUT2D eigenvalue weighted by atomic mass is 10.2. The van der Waals surface area contributed by atoms with Crippen molar-refractivity contribution in [3.05, 3.63) is 11.8 Å². The van der Waals surface area contributed by atoms with E-state index in [9.17, 15) is 4.79 Å². The minimum absolute atomic E-state index is 0.143. The van der Waals surface area contributed by atoms with Gasteiger partial charge in [0.05, 0.1) is 6.10 Å². The Kier molecular flexibility index (Phi) is 3.40. The molecule has 88 valence electrons. The molecule has 1 fully saturated rings. The molecule has 1 aromatic heterocycles. The van der Waals surface area contributed by atoms with E-state index in [1.807, 2.05) is 0 Å². The van der Waals surface area contributed by atoms with Gasteiger partial charge < -0.3 is 14.6 Å². The molecule has 6 nitrogen and oxygen atoms in total. The molecule has 2 N–H and O–H groups in total. The minimum Gasteiger partial charge on any atom is -0.376 e. The van der Waals surface area contributed by atoms with E-state index in [0.29, 0.717) is 18.1 Å². The summed E-state index contributed by atoms with van der Waals surface area (Å²) in [4.78, 5) is 11.4. The van der Waals surface area contributed by atoms with Crippen LogP contribution in [0.5, 0.6) is 0 Å². The van der Waals surface area contributed by atoms with E-state index in [2.05, 4.69) is 15.8 Å². The number of carbonyl (C=O) groups excluding carboxylic acids is 1. The molecule has 0 unspecified atom stereocenters. The number of nitrogens with zero attached hydrogens (tertiary/aromatic N) is 1. The van der Waals surface area contributed by atoms with Crippen LogP contribution in [0.25, 0.3) is 0 Å². The van der Waals surface area contributed by atoms with E-state index in [1.54, 1.807) is 13.0 Å². The average Bonchev–Trinajstić information content (AvgIpc) is 2.87. The van der Waals surface area contributed by atoms with Gasteiger partial charge in [-0.2, -0.15) is 0 Å². The van der Waals surface area contributed by atoms with Crippen LogP contribution >= 0.6 is 0 Å². The molecule has 1 atom stereocenters. The highest BCUT2D eigenvalue weighted by atomic mass is 16.5. The molecule has 0 bridgehead atoms. The van der Waals surface area contributed by atoms with Gasteiger partial charge in [-0.25, -0.2) is 4.79 Å². The van der Waals surface area contributed by atoms with Crippen LogP contribution in [0.3, 0.4) is 0 Å². The molecule has 0 aliphatic carbocycles. The van der Waals surface area contributed by atoms with E-state index < -0.39 is 0 Å². The highest BCUT2D eigenvalue weighted by Gasteiger charge is 2.16. The first-order chi connectivity index (χ1) is 7.74. The maximum Gasteiger partial charge on any atom is 0.320 e. The van der Waals surface area contributed by atoms with Gasteiger partial charge in [0, 0.05) is 19.2 Å². The van der Waals surface area contributed by atoms with Crippen molar-refractivity contribution in [2.45, 2.75) is 25.9 Å². The fourth-order valence-corrected chi connectivity index (χ4v) is 1.60. The van der Waals surface area contributed by atoms with Crippen LogP contribution < -0.4 is 10.6 Å². The van der Waals surface area contributed by atoms with Gasteiger partial charge >= 0.3 is 6.03 Å². The molecule has 0 aromatic carbocycles. The molecule has 16 heavy (non-hydrogen) atoms. The van der Waals surface area contributed by atoms with Crippen molar-refractivity contribution in [1.82, 2.24) is 10.5 Å². The summed E-state index contributed by atoms with van der Waals surface area (Å²) in [7, 11) is 0. The minimum atomic E-state index is -0.288. The Hall–Kier alpha value is -1.56. The third kappa shape index (κ3) is 2.96. The van der Waals surface area contributed by atoms with Crippen molar-refractivity contribution in [2.24, 2.45) is 0 Å². The molecule has 2 amide bonds. The molecule has 2 rings (SSSR count). The smallest absolute Gasteiger partial charge is 0.320 e. The molecule has 2 heterocycles. The Balaban J connectivity index is 1.71. The summed E-state index contributed by atoms with van der Waals surface area (Å²) in [5.74, 6) is 1.08. The van der Waals surface area contributed by atoms with Crippen molar-refractivity contribution in [1.29, 1.82) is 0 Å². The second kappa shape index (κ2) is 4.98. The molecule has 1 aromatic rings. The van der Waals surface area contributed by atoms with Crippen molar-refractivity contribution < 1.29 is 14.1 Å². The summed E-state index contributed by atoms with van der Waals surface area (Å²) >= 11 is 0. The SMILES string of the molecule is Cc1cc(NC(=O)NC[C@@H]2CCCO2)no1. The summed E-state index contributed by atoms with van der Waals surface area (Å²) in [6, 6.07) is 1.37. The Labute approximate surface area is 93.3 Å².